The molecule has 0 radical (unpaired) electrons. The van der Waals surface area contributed by atoms with E-state index in [9.17, 15) is 9.59 Å². The van der Waals surface area contributed by atoms with E-state index < -0.39 is 0 Å². The smallest absolute Gasteiger partial charge is 0.246 e. The number of rotatable bonds is 7. The van der Waals surface area contributed by atoms with Crippen molar-refractivity contribution in [2.24, 2.45) is 0 Å². The molecule has 0 atom stereocenters. The fourth-order valence-electron chi connectivity index (χ4n) is 3.01. The first kappa shape index (κ1) is 21.0. The second-order valence-corrected chi connectivity index (χ2v) is 7.18. The van der Waals surface area contributed by atoms with Gasteiger partial charge < -0.3 is 10.2 Å². The van der Waals surface area contributed by atoms with E-state index in [2.05, 4.69) is 17.4 Å². The normalized spacial score (nSPS) is 10.9. The maximum Gasteiger partial charge on any atom is 0.246 e. The van der Waals surface area contributed by atoms with Gasteiger partial charge >= 0.3 is 0 Å². The predicted molar refractivity (Wildman–Crippen MR) is 119 cm³/mol. The van der Waals surface area contributed by atoms with E-state index >= 15 is 0 Å². The quantitative estimate of drug-likeness (QED) is 0.618. The SMILES string of the molecule is CNC(=O)CN(C)C(=O)/C=C/c1cn(Cc2ccccc2)nc1-c1ccc(C)cc1. The summed E-state index contributed by atoms with van der Waals surface area (Å²) in [5.41, 5.74) is 4.96. The van der Waals surface area contributed by atoms with Crippen molar-refractivity contribution in [1.82, 2.24) is 20.0 Å². The van der Waals surface area contributed by atoms with Gasteiger partial charge in [0.05, 0.1) is 18.8 Å². The summed E-state index contributed by atoms with van der Waals surface area (Å²) in [6.07, 6.45) is 5.17. The molecule has 30 heavy (non-hydrogen) atoms. The Bertz CT molecular complexity index is 1040. The molecule has 0 bridgehead atoms. The average Bonchev–Trinajstić information content (AvgIpc) is 3.15. The molecule has 0 aliphatic rings. The van der Waals surface area contributed by atoms with Crippen molar-refractivity contribution in [3.05, 3.63) is 83.6 Å². The van der Waals surface area contributed by atoms with Crippen LogP contribution in [0.4, 0.5) is 0 Å². The largest absolute Gasteiger partial charge is 0.358 e. The highest BCUT2D eigenvalue weighted by Crippen LogP contribution is 2.24. The summed E-state index contributed by atoms with van der Waals surface area (Å²) in [6.45, 7) is 2.69. The summed E-state index contributed by atoms with van der Waals surface area (Å²) in [5, 5.41) is 7.28. The van der Waals surface area contributed by atoms with Crippen LogP contribution in [-0.2, 0) is 16.1 Å². The molecule has 2 aromatic carbocycles. The Morgan fingerprint density at radius 1 is 1.10 bits per heavy atom. The zero-order valence-electron chi connectivity index (χ0n) is 17.5. The van der Waals surface area contributed by atoms with Gasteiger partial charge in [0.15, 0.2) is 0 Å². The van der Waals surface area contributed by atoms with Gasteiger partial charge in [0.2, 0.25) is 11.8 Å². The molecule has 3 aromatic rings. The van der Waals surface area contributed by atoms with E-state index in [0.29, 0.717) is 6.54 Å². The third-order valence-corrected chi connectivity index (χ3v) is 4.74. The number of nitrogens with one attached hydrogen (secondary N) is 1. The van der Waals surface area contributed by atoms with E-state index in [0.717, 1.165) is 22.4 Å². The molecule has 0 aliphatic carbocycles. The molecule has 3 rings (SSSR count). The number of aromatic nitrogens is 2. The van der Waals surface area contributed by atoms with Crippen LogP contribution in [0.25, 0.3) is 17.3 Å². The van der Waals surface area contributed by atoms with Crippen molar-refractivity contribution in [1.29, 1.82) is 0 Å². The minimum absolute atomic E-state index is 0.0117. The third-order valence-electron chi connectivity index (χ3n) is 4.74. The van der Waals surface area contributed by atoms with Crippen LogP contribution in [0, 0.1) is 6.92 Å². The number of nitrogens with zero attached hydrogens (tertiary/aromatic N) is 3. The number of hydrogen-bond donors (Lipinski definition) is 1. The van der Waals surface area contributed by atoms with E-state index in [4.69, 9.17) is 5.10 Å². The fourth-order valence-corrected chi connectivity index (χ4v) is 3.01. The molecule has 1 heterocycles. The summed E-state index contributed by atoms with van der Waals surface area (Å²) >= 11 is 0. The zero-order valence-corrected chi connectivity index (χ0v) is 17.5. The summed E-state index contributed by atoms with van der Waals surface area (Å²) in [6, 6.07) is 18.2. The van der Waals surface area contributed by atoms with Gasteiger partial charge in [-0.3, -0.25) is 14.3 Å². The zero-order chi connectivity index (χ0) is 21.5. The fraction of sp³-hybridized carbons (Fsp3) is 0.208. The molecule has 2 amide bonds. The Morgan fingerprint density at radius 2 is 1.80 bits per heavy atom. The van der Waals surface area contributed by atoms with Crippen molar-refractivity contribution < 1.29 is 9.59 Å². The average molecular weight is 402 g/mol. The molecule has 1 N–H and O–H groups in total. The molecular weight excluding hydrogens is 376 g/mol. The monoisotopic (exact) mass is 402 g/mol. The Balaban J connectivity index is 1.88. The van der Waals surface area contributed by atoms with Crippen molar-refractivity contribution in [2.75, 3.05) is 20.6 Å². The summed E-state index contributed by atoms with van der Waals surface area (Å²) < 4.78 is 1.88. The van der Waals surface area contributed by atoms with Crippen molar-refractivity contribution in [3.63, 3.8) is 0 Å². The van der Waals surface area contributed by atoms with Gasteiger partial charge in [-0.05, 0) is 18.6 Å². The highest BCUT2D eigenvalue weighted by atomic mass is 16.2. The lowest BCUT2D eigenvalue weighted by molar-refractivity contribution is -0.130. The first-order valence-corrected chi connectivity index (χ1v) is 9.78. The lowest BCUT2D eigenvalue weighted by Crippen LogP contribution is -2.35. The molecular formula is C24H26N4O2. The molecule has 0 spiro atoms. The number of hydrogen-bond acceptors (Lipinski definition) is 3. The maximum absolute atomic E-state index is 12.4. The Hall–Kier alpha value is -3.67. The number of aryl methyl sites for hydroxylation is 1. The van der Waals surface area contributed by atoms with Gasteiger partial charge in [-0.15, -0.1) is 0 Å². The summed E-state index contributed by atoms with van der Waals surface area (Å²) in [5.74, 6) is -0.459. The molecule has 0 fully saturated rings. The van der Waals surface area contributed by atoms with E-state index in [1.165, 1.54) is 16.5 Å². The van der Waals surface area contributed by atoms with Gasteiger partial charge in [0.25, 0.3) is 0 Å². The van der Waals surface area contributed by atoms with E-state index in [1.54, 1.807) is 20.2 Å². The van der Waals surface area contributed by atoms with Gasteiger partial charge in [-0.2, -0.15) is 5.10 Å². The summed E-state index contributed by atoms with van der Waals surface area (Å²) in [4.78, 5) is 25.3. The topological polar surface area (TPSA) is 67.2 Å². The van der Waals surface area contributed by atoms with Crippen LogP contribution in [0.1, 0.15) is 16.7 Å². The van der Waals surface area contributed by atoms with Crippen LogP contribution >= 0.6 is 0 Å². The summed E-state index contributed by atoms with van der Waals surface area (Å²) in [7, 11) is 3.15. The van der Waals surface area contributed by atoms with E-state index in [-0.39, 0.29) is 18.4 Å². The lowest BCUT2D eigenvalue weighted by atomic mass is 10.1. The van der Waals surface area contributed by atoms with Gasteiger partial charge in [0, 0.05) is 37.5 Å². The lowest BCUT2D eigenvalue weighted by Gasteiger charge is -2.13. The van der Waals surface area contributed by atoms with Crippen LogP contribution in [0.3, 0.4) is 0 Å². The first-order valence-electron chi connectivity index (χ1n) is 9.78. The molecule has 0 saturated carbocycles. The van der Waals surface area contributed by atoms with Crippen LogP contribution < -0.4 is 5.32 Å². The second kappa shape index (κ2) is 9.69. The number of amides is 2. The highest BCUT2D eigenvalue weighted by molar-refractivity contribution is 5.95. The van der Waals surface area contributed by atoms with Gasteiger partial charge in [0.1, 0.15) is 0 Å². The second-order valence-electron chi connectivity index (χ2n) is 7.18. The standard InChI is InChI=1S/C24H26N4O2/c1-18-9-11-20(12-10-18)24-21(13-14-23(30)27(3)17-22(29)25-2)16-28(26-24)15-19-7-5-4-6-8-19/h4-14,16H,15,17H2,1-3H3,(H,25,29)/b14-13+. The Kier molecular flexibility index (Phi) is 6.80. The number of carbonyl (C=O) groups excluding carboxylic acids is 2. The predicted octanol–water partition coefficient (Wildman–Crippen LogP) is 3.12. The van der Waals surface area contributed by atoms with Crippen LogP contribution in [0.5, 0.6) is 0 Å². The molecule has 0 unspecified atom stereocenters. The van der Waals surface area contributed by atoms with Crippen LogP contribution in [0.2, 0.25) is 0 Å². The van der Waals surface area contributed by atoms with Crippen LogP contribution in [0.15, 0.2) is 66.9 Å². The minimum atomic E-state index is -0.246. The number of benzene rings is 2. The minimum Gasteiger partial charge on any atom is -0.358 e. The molecule has 154 valence electrons. The first-order chi connectivity index (χ1) is 14.5. The molecule has 6 nitrogen and oxygen atoms in total. The number of carbonyl (C=O) groups is 2. The maximum atomic E-state index is 12.4. The van der Waals surface area contributed by atoms with Crippen molar-refractivity contribution in [2.45, 2.75) is 13.5 Å². The third kappa shape index (κ3) is 5.44. The highest BCUT2D eigenvalue weighted by Gasteiger charge is 2.12. The van der Waals surface area contributed by atoms with Crippen molar-refractivity contribution >= 4 is 17.9 Å². The Morgan fingerprint density at radius 3 is 2.47 bits per heavy atom. The molecule has 0 aliphatic heterocycles. The van der Waals surface area contributed by atoms with Crippen LogP contribution in [-0.4, -0.2) is 47.1 Å². The molecule has 0 saturated heterocycles. The molecule has 1 aromatic heterocycles. The van der Waals surface area contributed by atoms with E-state index in [1.807, 2.05) is 60.3 Å². The van der Waals surface area contributed by atoms with Gasteiger partial charge in [-0.25, -0.2) is 0 Å². The van der Waals surface area contributed by atoms with Gasteiger partial charge in [-0.1, -0.05) is 60.2 Å². The van der Waals surface area contributed by atoms with Crippen molar-refractivity contribution in [3.8, 4) is 11.3 Å². The Labute approximate surface area is 176 Å². The molecule has 6 heteroatoms. The number of likely N-dealkylation sites (N-methyl/N-ethyl adjacent to an activating group) is 2.